The van der Waals surface area contributed by atoms with Crippen molar-refractivity contribution in [1.29, 1.82) is 0 Å². The summed E-state index contributed by atoms with van der Waals surface area (Å²) in [7, 11) is 3.46. The highest BCUT2D eigenvalue weighted by Gasteiger charge is 1.93. The van der Waals surface area contributed by atoms with Gasteiger partial charge in [0.1, 0.15) is 0 Å². The first-order chi connectivity index (χ1) is 4.74. The first kappa shape index (κ1) is 8.27. The van der Waals surface area contributed by atoms with Gasteiger partial charge in [-0.1, -0.05) is 17.7 Å². The second kappa shape index (κ2) is 3.53. The van der Waals surface area contributed by atoms with Gasteiger partial charge >= 0.3 is 0 Å². The van der Waals surface area contributed by atoms with Crippen molar-refractivity contribution in [2.45, 2.75) is 13.0 Å². The smallest absolute Gasteiger partial charge is 0.0283 e. The Morgan fingerprint density at radius 2 is 2.20 bits per heavy atom. The van der Waals surface area contributed by atoms with Crippen LogP contribution in [0.3, 0.4) is 0 Å². The summed E-state index contributed by atoms with van der Waals surface area (Å²) < 4.78 is 1.33. The zero-order chi connectivity index (χ0) is 7.56. The molecule has 1 aromatic rings. The maximum atomic E-state index is 3.46. The number of rotatable bonds is 1. The molecule has 0 saturated heterocycles. The minimum Gasteiger partial charge on any atom is -0.0583 e. The van der Waals surface area contributed by atoms with Gasteiger partial charge in [0.25, 0.3) is 0 Å². The third-order valence-corrected chi connectivity index (χ3v) is 3.05. The maximum Gasteiger partial charge on any atom is 0.0283 e. The van der Waals surface area contributed by atoms with E-state index in [0.29, 0.717) is 0 Å². The van der Waals surface area contributed by atoms with E-state index in [1.54, 1.807) is 0 Å². The molecule has 1 aromatic carbocycles. The highest BCUT2D eigenvalue weighted by Crippen LogP contribution is 2.12. The van der Waals surface area contributed by atoms with Crippen LogP contribution < -0.4 is 0 Å². The summed E-state index contributed by atoms with van der Waals surface area (Å²) in [6.07, 6.45) is 0. The van der Waals surface area contributed by atoms with Crippen LogP contribution in [-0.2, 0) is 6.04 Å². The summed E-state index contributed by atoms with van der Waals surface area (Å²) in [5.41, 5.74) is 2.70. The van der Waals surface area contributed by atoms with Crippen molar-refractivity contribution in [2.75, 3.05) is 0 Å². The van der Waals surface area contributed by atoms with Crippen molar-refractivity contribution in [2.24, 2.45) is 0 Å². The van der Waals surface area contributed by atoms with E-state index in [4.69, 9.17) is 0 Å². The molecule has 0 aliphatic heterocycles. The molecule has 0 amide bonds. The van der Waals surface area contributed by atoms with Gasteiger partial charge in [0.2, 0.25) is 0 Å². The third kappa shape index (κ3) is 1.82. The van der Waals surface area contributed by atoms with Gasteiger partial charge in [-0.05, 0) is 47.2 Å². The Labute approximate surface area is 78.6 Å². The maximum absolute atomic E-state index is 3.46. The summed E-state index contributed by atoms with van der Waals surface area (Å²) in [5.74, 6) is 0. The van der Waals surface area contributed by atoms with Gasteiger partial charge in [-0.3, -0.25) is 0 Å². The highest BCUT2D eigenvalue weighted by molar-refractivity contribution is 14.1. The molecule has 0 bridgehead atoms. The van der Waals surface area contributed by atoms with Crippen molar-refractivity contribution in [3.63, 3.8) is 0 Å². The molecule has 0 atom stereocenters. The average Bonchev–Trinajstić information content (AvgIpc) is 1.95. The molecule has 0 N–H and O–H groups in total. The summed E-state index contributed by atoms with van der Waals surface area (Å²) >= 11 is 2.34. The van der Waals surface area contributed by atoms with Crippen LogP contribution in [-0.4, -0.2) is 10.2 Å². The predicted molar refractivity (Wildman–Crippen MR) is 53.4 cm³/mol. The molecule has 0 fully saturated rings. The number of halogens is 1. The molecule has 0 aromatic heterocycles. The zero-order valence-corrected chi connectivity index (χ0v) is 8.97. The lowest BCUT2D eigenvalue weighted by Crippen LogP contribution is -1.86. The van der Waals surface area contributed by atoms with Crippen LogP contribution in [0.25, 0.3) is 0 Å². The number of hydrogen-bond acceptors (Lipinski definition) is 0. The van der Waals surface area contributed by atoms with Gasteiger partial charge in [0.15, 0.2) is 0 Å². The van der Waals surface area contributed by atoms with Gasteiger partial charge in [-0.2, -0.15) is 0 Å². The minimum absolute atomic E-state index is 0.942. The fourth-order valence-corrected chi connectivity index (χ4v) is 1.37. The molecule has 3 radical (unpaired) electrons. The SMILES string of the molecule is Cc1cc(C[Si])ccc1I. The fourth-order valence-electron chi connectivity index (χ4n) is 0.817. The molecular weight excluding hydrogens is 251 g/mol. The van der Waals surface area contributed by atoms with E-state index in [1.165, 1.54) is 14.7 Å². The number of hydrogen-bond donors (Lipinski definition) is 0. The zero-order valence-electron chi connectivity index (χ0n) is 5.82. The van der Waals surface area contributed by atoms with Gasteiger partial charge in [-0.25, -0.2) is 0 Å². The fraction of sp³-hybridized carbons (Fsp3) is 0.250. The van der Waals surface area contributed by atoms with Crippen LogP contribution in [0, 0.1) is 10.5 Å². The molecule has 0 spiro atoms. The number of aryl methyl sites for hydroxylation is 1. The quantitative estimate of drug-likeness (QED) is 0.536. The Morgan fingerprint density at radius 1 is 1.50 bits per heavy atom. The van der Waals surface area contributed by atoms with Crippen LogP contribution in [0.4, 0.5) is 0 Å². The Bertz CT molecular complexity index is 233. The summed E-state index contributed by atoms with van der Waals surface area (Å²) in [5, 5.41) is 0. The summed E-state index contributed by atoms with van der Waals surface area (Å²) in [4.78, 5) is 0. The van der Waals surface area contributed by atoms with E-state index >= 15 is 0 Å². The Hall–Kier alpha value is 0.167. The van der Waals surface area contributed by atoms with Gasteiger partial charge in [0, 0.05) is 13.8 Å². The standard InChI is InChI=1S/C8H8ISi/c1-6-4-7(5-10)2-3-8(6)9/h2-4H,5H2,1H3. The Balaban J connectivity index is 3.04. The van der Waals surface area contributed by atoms with Crippen molar-refractivity contribution in [3.05, 3.63) is 32.9 Å². The second-order valence-electron chi connectivity index (χ2n) is 2.26. The van der Waals surface area contributed by atoms with Crippen LogP contribution in [0.5, 0.6) is 0 Å². The monoisotopic (exact) mass is 259 g/mol. The van der Waals surface area contributed by atoms with Gasteiger partial charge in [-0.15, -0.1) is 0 Å². The number of benzene rings is 1. The average molecular weight is 259 g/mol. The molecule has 1 rings (SSSR count). The van der Waals surface area contributed by atoms with E-state index < -0.39 is 0 Å². The highest BCUT2D eigenvalue weighted by atomic mass is 127. The van der Waals surface area contributed by atoms with E-state index in [9.17, 15) is 0 Å². The summed E-state index contributed by atoms with van der Waals surface area (Å²) in [6, 6.07) is 7.43. The lowest BCUT2D eigenvalue weighted by atomic mass is 10.2. The molecule has 0 heterocycles. The lowest BCUT2D eigenvalue weighted by Gasteiger charge is -1.99. The van der Waals surface area contributed by atoms with E-state index in [-0.39, 0.29) is 0 Å². The Morgan fingerprint density at radius 3 is 2.70 bits per heavy atom. The van der Waals surface area contributed by atoms with Crippen molar-refractivity contribution >= 4 is 32.8 Å². The van der Waals surface area contributed by atoms with Crippen molar-refractivity contribution < 1.29 is 0 Å². The molecule has 51 valence electrons. The molecular formula is C8H8ISi. The van der Waals surface area contributed by atoms with Gasteiger partial charge < -0.3 is 0 Å². The predicted octanol–water partition coefficient (Wildman–Crippen LogP) is 2.27. The molecule has 10 heavy (non-hydrogen) atoms. The minimum atomic E-state index is 0.942. The third-order valence-electron chi connectivity index (χ3n) is 1.43. The molecule has 0 aliphatic rings. The van der Waals surface area contributed by atoms with Crippen LogP contribution in [0.1, 0.15) is 11.1 Å². The van der Waals surface area contributed by atoms with Crippen molar-refractivity contribution in [3.8, 4) is 0 Å². The van der Waals surface area contributed by atoms with Gasteiger partial charge in [0.05, 0.1) is 0 Å². The molecule has 0 aliphatic carbocycles. The molecule has 0 saturated carbocycles. The van der Waals surface area contributed by atoms with E-state index in [2.05, 4.69) is 58.0 Å². The molecule has 0 nitrogen and oxygen atoms in total. The Kier molecular flexibility index (Phi) is 2.91. The summed E-state index contributed by atoms with van der Waals surface area (Å²) in [6.45, 7) is 2.13. The van der Waals surface area contributed by atoms with E-state index in [1.807, 2.05) is 0 Å². The van der Waals surface area contributed by atoms with Crippen LogP contribution in [0.15, 0.2) is 18.2 Å². The van der Waals surface area contributed by atoms with Crippen molar-refractivity contribution in [1.82, 2.24) is 0 Å². The first-order valence-corrected chi connectivity index (χ1v) is 4.92. The van der Waals surface area contributed by atoms with E-state index in [0.717, 1.165) is 6.04 Å². The second-order valence-corrected chi connectivity index (χ2v) is 3.78. The topological polar surface area (TPSA) is 0 Å². The molecule has 2 heteroatoms. The van der Waals surface area contributed by atoms with Crippen LogP contribution in [0.2, 0.25) is 0 Å². The first-order valence-electron chi connectivity index (χ1n) is 3.13. The van der Waals surface area contributed by atoms with Crippen LogP contribution >= 0.6 is 22.6 Å². The normalized spacial score (nSPS) is 9.90. The largest absolute Gasteiger partial charge is 0.0583 e. The molecule has 0 unspecified atom stereocenters. The lowest BCUT2D eigenvalue weighted by molar-refractivity contribution is 1.32.